The summed E-state index contributed by atoms with van der Waals surface area (Å²) in [5.41, 5.74) is 2.24. The fourth-order valence-corrected chi connectivity index (χ4v) is 2.87. The summed E-state index contributed by atoms with van der Waals surface area (Å²) in [5.74, 6) is 0.419. The van der Waals surface area contributed by atoms with Crippen molar-refractivity contribution in [2.24, 2.45) is 0 Å². The van der Waals surface area contributed by atoms with Crippen molar-refractivity contribution < 1.29 is 14.3 Å². The van der Waals surface area contributed by atoms with Crippen molar-refractivity contribution in [1.82, 2.24) is 9.55 Å². The number of hydrogen-bond acceptors (Lipinski definition) is 4. The van der Waals surface area contributed by atoms with E-state index in [1.807, 2.05) is 48.0 Å². The molecule has 0 aliphatic carbocycles. The Hall–Kier alpha value is -2.53. The highest BCUT2D eigenvalue weighted by Crippen LogP contribution is 2.27. The number of benzene rings is 1. The van der Waals surface area contributed by atoms with Crippen molar-refractivity contribution in [3.8, 4) is 5.75 Å². The lowest BCUT2D eigenvalue weighted by molar-refractivity contribution is 0.0506. The summed E-state index contributed by atoms with van der Waals surface area (Å²) in [6.07, 6.45) is 4.15. The Balaban J connectivity index is 2.00. The van der Waals surface area contributed by atoms with Crippen LogP contribution >= 0.6 is 11.6 Å². The Labute approximate surface area is 151 Å². The van der Waals surface area contributed by atoms with Gasteiger partial charge in [0.1, 0.15) is 16.5 Å². The minimum atomic E-state index is -0.384. The Morgan fingerprint density at radius 2 is 2.00 bits per heavy atom. The molecular weight excluding hydrogens is 340 g/mol. The Morgan fingerprint density at radius 1 is 1.24 bits per heavy atom. The molecule has 0 aliphatic rings. The minimum Gasteiger partial charge on any atom is -0.497 e. The summed E-state index contributed by atoms with van der Waals surface area (Å²) < 4.78 is 12.4. The molecule has 130 valence electrons. The summed E-state index contributed by atoms with van der Waals surface area (Å²) in [6.45, 7) is 2.93. The molecule has 0 bridgehead atoms. The second-order valence-electron chi connectivity index (χ2n) is 5.65. The zero-order valence-corrected chi connectivity index (χ0v) is 14.9. The van der Waals surface area contributed by atoms with Crippen LogP contribution in [0.15, 0.2) is 42.7 Å². The van der Waals surface area contributed by atoms with Gasteiger partial charge in [-0.3, -0.25) is 0 Å². The molecule has 3 rings (SSSR count). The number of aromatic nitrogens is 2. The van der Waals surface area contributed by atoms with Crippen LogP contribution in [0.3, 0.4) is 0 Å². The first-order valence-electron chi connectivity index (χ1n) is 8.07. The first-order chi connectivity index (χ1) is 12.1. The summed E-state index contributed by atoms with van der Waals surface area (Å²) in [6, 6.07) is 9.66. The maximum Gasteiger partial charge on any atom is 0.341 e. The number of hydrogen-bond donors (Lipinski definition) is 0. The highest BCUT2D eigenvalue weighted by molar-refractivity contribution is 6.34. The lowest BCUT2D eigenvalue weighted by atomic mass is 10.2. The normalized spacial score (nSPS) is 10.8. The first kappa shape index (κ1) is 17.3. The highest BCUT2D eigenvalue weighted by atomic mass is 35.5. The van der Waals surface area contributed by atoms with Gasteiger partial charge < -0.3 is 14.0 Å². The lowest BCUT2D eigenvalue weighted by Gasteiger charge is -2.11. The molecule has 0 amide bonds. The Morgan fingerprint density at radius 3 is 2.68 bits per heavy atom. The average molecular weight is 359 g/mol. The van der Waals surface area contributed by atoms with E-state index in [0.717, 1.165) is 28.6 Å². The molecule has 0 N–H and O–H groups in total. The number of fused-ring (bicyclic) bond motifs is 1. The molecule has 1 aromatic carbocycles. The zero-order valence-electron chi connectivity index (χ0n) is 14.2. The van der Waals surface area contributed by atoms with Crippen molar-refractivity contribution in [3.63, 3.8) is 0 Å². The molecule has 2 heterocycles. The smallest absolute Gasteiger partial charge is 0.341 e. The van der Waals surface area contributed by atoms with E-state index in [1.165, 1.54) is 6.20 Å². The van der Waals surface area contributed by atoms with E-state index in [9.17, 15) is 4.79 Å². The maximum absolute atomic E-state index is 12.4. The van der Waals surface area contributed by atoms with Crippen molar-refractivity contribution in [1.29, 1.82) is 0 Å². The molecule has 0 saturated heterocycles. The second-order valence-corrected chi connectivity index (χ2v) is 6.01. The highest BCUT2D eigenvalue weighted by Gasteiger charge is 2.18. The number of pyridine rings is 1. The van der Waals surface area contributed by atoms with Gasteiger partial charge in [-0.25, -0.2) is 9.78 Å². The molecule has 0 spiro atoms. The van der Waals surface area contributed by atoms with Crippen LogP contribution in [0.2, 0.25) is 5.15 Å². The van der Waals surface area contributed by atoms with Crippen LogP contribution in [-0.2, 0) is 11.3 Å². The molecule has 0 unspecified atom stereocenters. The first-order valence-corrected chi connectivity index (χ1v) is 8.45. The van der Waals surface area contributed by atoms with Gasteiger partial charge in [0.05, 0.1) is 19.2 Å². The maximum atomic E-state index is 12.4. The van der Waals surface area contributed by atoms with Crippen molar-refractivity contribution >= 4 is 28.5 Å². The number of methoxy groups -OCH3 is 1. The second kappa shape index (κ2) is 7.57. The van der Waals surface area contributed by atoms with Crippen LogP contribution in [0.25, 0.3) is 10.9 Å². The predicted molar refractivity (Wildman–Crippen MR) is 97.4 cm³/mol. The molecule has 6 heteroatoms. The number of carbonyl (C=O) groups excluding carboxylic acids is 1. The number of rotatable bonds is 6. The Bertz CT molecular complexity index is 888. The van der Waals surface area contributed by atoms with Gasteiger partial charge in [-0.05, 0) is 30.2 Å². The number of halogens is 1. The van der Waals surface area contributed by atoms with Gasteiger partial charge in [0.2, 0.25) is 0 Å². The van der Waals surface area contributed by atoms with Crippen LogP contribution in [0.5, 0.6) is 5.75 Å². The summed E-state index contributed by atoms with van der Waals surface area (Å²) in [5, 5.41) is 1.11. The number of nitrogens with zero attached hydrogens (tertiary/aromatic N) is 2. The largest absolute Gasteiger partial charge is 0.497 e. The number of carbonyl (C=O) groups is 1. The van der Waals surface area contributed by atoms with Crippen molar-refractivity contribution in [2.45, 2.75) is 19.9 Å². The molecule has 0 atom stereocenters. The van der Waals surface area contributed by atoms with Gasteiger partial charge in [0, 0.05) is 24.3 Å². The van der Waals surface area contributed by atoms with E-state index in [4.69, 9.17) is 21.1 Å². The van der Waals surface area contributed by atoms with Crippen molar-refractivity contribution in [3.05, 3.63) is 59.0 Å². The van der Waals surface area contributed by atoms with E-state index < -0.39 is 0 Å². The monoisotopic (exact) mass is 358 g/mol. The summed E-state index contributed by atoms with van der Waals surface area (Å²) >= 11 is 6.20. The van der Waals surface area contributed by atoms with Crippen LogP contribution in [0.1, 0.15) is 29.3 Å². The lowest BCUT2D eigenvalue weighted by Crippen LogP contribution is -2.10. The molecular formula is C19H19ClN2O3. The summed E-state index contributed by atoms with van der Waals surface area (Å²) in [4.78, 5) is 16.5. The van der Waals surface area contributed by atoms with Gasteiger partial charge in [0.15, 0.2) is 0 Å². The van der Waals surface area contributed by atoms with Crippen LogP contribution < -0.4 is 4.74 Å². The quantitative estimate of drug-likeness (QED) is 0.486. The number of esters is 1. The van der Waals surface area contributed by atoms with Gasteiger partial charge in [-0.1, -0.05) is 30.7 Å². The average Bonchev–Trinajstić information content (AvgIpc) is 3.05. The minimum absolute atomic E-state index is 0.371. The zero-order chi connectivity index (χ0) is 17.8. The topological polar surface area (TPSA) is 53.3 Å². The van der Waals surface area contributed by atoms with E-state index in [-0.39, 0.29) is 5.97 Å². The molecule has 2 aromatic heterocycles. The number of ether oxygens (including phenoxy) is 2. The third kappa shape index (κ3) is 3.61. The third-order valence-electron chi connectivity index (χ3n) is 3.92. The fourth-order valence-electron chi connectivity index (χ4n) is 2.67. The van der Waals surface area contributed by atoms with Gasteiger partial charge in [-0.2, -0.15) is 0 Å². The van der Waals surface area contributed by atoms with Gasteiger partial charge in [-0.15, -0.1) is 0 Å². The fraction of sp³-hybridized carbons (Fsp3) is 0.263. The van der Waals surface area contributed by atoms with E-state index in [1.54, 1.807) is 7.11 Å². The molecule has 0 fully saturated rings. The van der Waals surface area contributed by atoms with Crippen LogP contribution in [0.4, 0.5) is 0 Å². The molecule has 0 radical (unpaired) electrons. The molecule has 25 heavy (non-hydrogen) atoms. The van der Waals surface area contributed by atoms with Gasteiger partial charge in [0.25, 0.3) is 0 Å². The molecule has 0 aliphatic heterocycles. The van der Waals surface area contributed by atoms with E-state index >= 15 is 0 Å². The molecule has 3 aromatic rings. The molecule has 5 nitrogen and oxygen atoms in total. The standard InChI is InChI=1S/C19H19ClN2O3/c1-3-10-25-19(23)16-11-21-18(20)15-8-9-22(17(15)16)12-13-4-6-14(24-2)7-5-13/h4-9,11H,3,10,12H2,1-2H3. The third-order valence-corrected chi connectivity index (χ3v) is 4.22. The van der Waals surface area contributed by atoms with Gasteiger partial charge >= 0.3 is 5.97 Å². The SMILES string of the molecule is CCCOC(=O)c1cnc(Cl)c2ccn(Cc3ccc(OC)cc3)c12. The summed E-state index contributed by atoms with van der Waals surface area (Å²) in [7, 11) is 1.64. The predicted octanol–water partition coefficient (Wildman–Crippen LogP) is 4.31. The molecule has 0 saturated carbocycles. The van der Waals surface area contributed by atoms with E-state index in [2.05, 4.69) is 4.98 Å². The van der Waals surface area contributed by atoms with Crippen molar-refractivity contribution in [2.75, 3.05) is 13.7 Å². The van der Waals surface area contributed by atoms with Crippen LogP contribution in [0, 0.1) is 0 Å². The Kier molecular flexibility index (Phi) is 5.24. The van der Waals surface area contributed by atoms with Crippen LogP contribution in [-0.4, -0.2) is 29.2 Å². The van der Waals surface area contributed by atoms with E-state index in [0.29, 0.717) is 23.9 Å².